The van der Waals surface area contributed by atoms with Crippen molar-refractivity contribution in [3.8, 4) is 17.3 Å². The summed E-state index contributed by atoms with van der Waals surface area (Å²) in [5.74, 6) is 0.913. The molecule has 284 valence electrons. The molecule has 1 aliphatic rings. The van der Waals surface area contributed by atoms with E-state index in [0.29, 0.717) is 81.9 Å². The van der Waals surface area contributed by atoms with Crippen LogP contribution in [0.15, 0.2) is 52.9 Å². The van der Waals surface area contributed by atoms with Gasteiger partial charge in [0.1, 0.15) is 24.6 Å². The van der Waals surface area contributed by atoms with Gasteiger partial charge in [-0.3, -0.25) is 4.79 Å². The lowest BCUT2D eigenvalue weighted by Gasteiger charge is -2.33. The number of ether oxygens (including phenoxy) is 4. The zero-order valence-corrected chi connectivity index (χ0v) is 29.6. The first-order valence-electron chi connectivity index (χ1n) is 17.5. The molecule has 2 aromatic carbocycles. The minimum Gasteiger partial charge on any atom is -0.491 e. The van der Waals surface area contributed by atoms with Gasteiger partial charge < -0.3 is 48.8 Å². The average Bonchev–Trinajstić information content (AvgIpc) is 3.74. The van der Waals surface area contributed by atoms with Gasteiger partial charge in [-0.05, 0) is 82.2 Å². The van der Waals surface area contributed by atoms with E-state index in [1.165, 1.54) is 4.57 Å². The number of benzene rings is 2. The van der Waals surface area contributed by atoms with Gasteiger partial charge in [-0.25, -0.2) is 0 Å². The lowest BCUT2D eigenvalue weighted by atomic mass is 9.90. The number of carbonyl (C=O) groups excluding carboxylic acids is 1. The van der Waals surface area contributed by atoms with Crippen molar-refractivity contribution in [1.29, 1.82) is 0 Å². The first-order chi connectivity index (χ1) is 25.2. The summed E-state index contributed by atoms with van der Waals surface area (Å²) in [6, 6.07) is 15.1. The summed E-state index contributed by atoms with van der Waals surface area (Å²) in [6.07, 6.45) is 0.276. The van der Waals surface area contributed by atoms with Crippen LogP contribution in [0.25, 0.3) is 22.5 Å². The van der Waals surface area contributed by atoms with Crippen LogP contribution in [0.5, 0.6) is 5.75 Å². The van der Waals surface area contributed by atoms with Crippen molar-refractivity contribution in [2.45, 2.75) is 57.0 Å². The Hall–Kier alpha value is -4.38. The van der Waals surface area contributed by atoms with Crippen LogP contribution >= 0.6 is 0 Å². The number of carbonyl (C=O) groups is 1. The highest BCUT2D eigenvalue weighted by molar-refractivity contribution is 5.96. The monoisotopic (exact) mass is 731 g/mol. The maximum atomic E-state index is 13.8. The van der Waals surface area contributed by atoms with Gasteiger partial charge in [0.15, 0.2) is 0 Å². The summed E-state index contributed by atoms with van der Waals surface area (Å²) >= 11 is 0. The Kier molecular flexibility index (Phi) is 14.5. The molecule has 2 heterocycles. The molecule has 0 atom stereocenters. The number of fused-ring (bicyclic) bond motifs is 1. The van der Waals surface area contributed by atoms with E-state index < -0.39 is 12.7 Å². The van der Waals surface area contributed by atoms with Crippen LogP contribution in [-0.2, 0) is 32.1 Å². The van der Waals surface area contributed by atoms with Crippen molar-refractivity contribution in [3.05, 3.63) is 54.4 Å². The van der Waals surface area contributed by atoms with Crippen molar-refractivity contribution in [3.63, 3.8) is 0 Å². The molecule has 3 N–H and O–H groups in total. The van der Waals surface area contributed by atoms with Crippen LogP contribution in [0.3, 0.4) is 0 Å². The van der Waals surface area contributed by atoms with Crippen molar-refractivity contribution in [2.24, 2.45) is 0 Å². The van der Waals surface area contributed by atoms with Gasteiger partial charge >= 0.3 is 6.18 Å². The van der Waals surface area contributed by atoms with E-state index in [9.17, 15) is 18.0 Å². The molecule has 5 rings (SSSR count). The van der Waals surface area contributed by atoms with Gasteiger partial charge in [-0.15, -0.1) is 10.2 Å². The third-order valence-corrected chi connectivity index (χ3v) is 8.77. The van der Waals surface area contributed by atoms with Crippen molar-refractivity contribution in [2.75, 3.05) is 77.5 Å². The van der Waals surface area contributed by atoms with Crippen molar-refractivity contribution >= 4 is 28.7 Å². The summed E-state index contributed by atoms with van der Waals surface area (Å²) in [4.78, 5) is 12.4. The zero-order chi connectivity index (χ0) is 36.8. The third kappa shape index (κ3) is 11.8. The number of hydrogen-bond donors (Lipinski definition) is 3. The summed E-state index contributed by atoms with van der Waals surface area (Å²) in [6.45, 7) is 2.41. The fourth-order valence-electron chi connectivity index (χ4n) is 6.12. The van der Waals surface area contributed by atoms with E-state index in [-0.39, 0.29) is 30.1 Å². The SMILES string of the molecule is CN(C)C1CCC(Nc2cccc3c2cc(-c2nnc(CNc4ccc(OCCOCCOCCOCCNC=O)cc4)o2)n3CC(F)(F)F)CC1. The molecule has 0 unspecified atom stereocenters. The van der Waals surface area contributed by atoms with Crippen LogP contribution in [0.2, 0.25) is 0 Å². The van der Waals surface area contributed by atoms with Gasteiger partial charge in [-0.1, -0.05) is 6.07 Å². The fourth-order valence-corrected chi connectivity index (χ4v) is 6.12. The zero-order valence-electron chi connectivity index (χ0n) is 29.6. The minimum absolute atomic E-state index is 0.0152. The number of amides is 1. The predicted molar refractivity (Wildman–Crippen MR) is 190 cm³/mol. The fraction of sp³-hybridized carbons (Fsp3) is 0.528. The Labute approximate surface area is 301 Å². The van der Waals surface area contributed by atoms with Crippen LogP contribution < -0.4 is 20.7 Å². The van der Waals surface area contributed by atoms with Gasteiger partial charge in [0.25, 0.3) is 5.89 Å². The normalized spacial score (nSPS) is 16.3. The average molecular weight is 732 g/mol. The summed E-state index contributed by atoms with van der Waals surface area (Å²) in [5.41, 5.74) is 2.21. The lowest BCUT2D eigenvalue weighted by molar-refractivity contribution is -0.139. The van der Waals surface area contributed by atoms with E-state index in [1.807, 2.05) is 30.3 Å². The van der Waals surface area contributed by atoms with E-state index in [4.69, 9.17) is 23.4 Å². The molecule has 1 amide bonds. The Morgan fingerprint density at radius 2 is 1.62 bits per heavy atom. The molecular formula is C36H48F3N7O6. The summed E-state index contributed by atoms with van der Waals surface area (Å²) < 4.78 is 70.5. The number of rotatable bonds is 22. The van der Waals surface area contributed by atoms with Gasteiger partial charge in [-0.2, -0.15) is 13.2 Å². The Morgan fingerprint density at radius 3 is 2.29 bits per heavy atom. The Morgan fingerprint density at radius 1 is 0.923 bits per heavy atom. The second-order valence-corrected chi connectivity index (χ2v) is 12.7. The molecule has 1 saturated carbocycles. The van der Waals surface area contributed by atoms with E-state index in [0.717, 1.165) is 37.1 Å². The van der Waals surface area contributed by atoms with Gasteiger partial charge in [0.2, 0.25) is 12.3 Å². The molecule has 16 heteroatoms. The summed E-state index contributed by atoms with van der Waals surface area (Å²) in [7, 11) is 4.19. The van der Waals surface area contributed by atoms with Crippen LogP contribution in [0.1, 0.15) is 31.6 Å². The molecule has 0 spiro atoms. The van der Waals surface area contributed by atoms with Crippen LogP contribution in [-0.4, -0.2) is 111 Å². The Balaban J connectivity index is 1.10. The minimum atomic E-state index is -4.45. The second-order valence-electron chi connectivity index (χ2n) is 12.7. The van der Waals surface area contributed by atoms with E-state index in [1.54, 1.807) is 18.2 Å². The molecule has 0 saturated heterocycles. The lowest BCUT2D eigenvalue weighted by Crippen LogP contribution is -2.36. The first kappa shape index (κ1) is 38.8. The largest absolute Gasteiger partial charge is 0.491 e. The molecule has 13 nitrogen and oxygen atoms in total. The number of alkyl halides is 3. The van der Waals surface area contributed by atoms with Crippen molar-refractivity contribution < 1.29 is 41.3 Å². The van der Waals surface area contributed by atoms with Crippen LogP contribution in [0, 0.1) is 0 Å². The second kappa shape index (κ2) is 19.5. The van der Waals surface area contributed by atoms with E-state index in [2.05, 4.69) is 45.1 Å². The highest BCUT2D eigenvalue weighted by atomic mass is 19.4. The standard InChI is InChI=1S/C36H48F3N7O6/c1-45(2)28-10-6-27(7-11-28)42-31-4-3-5-32-30(31)22-33(46(32)24-36(37,38)39)35-44-43-34(52-35)23-41-26-8-12-29(13-9-26)51-21-20-50-19-18-49-17-16-48-15-14-40-25-47/h3-5,8-9,12-13,22,25,27-28,41-42H,6-7,10-11,14-21,23-24H2,1-2H3,(H,40,47). The Bertz CT molecular complexity index is 1660. The summed E-state index contributed by atoms with van der Waals surface area (Å²) in [5, 5.41) is 18.2. The van der Waals surface area contributed by atoms with Gasteiger partial charge in [0, 0.05) is 35.4 Å². The van der Waals surface area contributed by atoms with E-state index >= 15 is 0 Å². The van der Waals surface area contributed by atoms with Crippen LogP contribution in [0.4, 0.5) is 24.5 Å². The molecule has 0 aliphatic heterocycles. The molecule has 1 aliphatic carbocycles. The number of anilines is 2. The van der Waals surface area contributed by atoms with Gasteiger partial charge in [0.05, 0.1) is 51.7 Å². The number of hydrogen-bond acceptors (Lipinski definition) is 11. The predicted octanol–water partition coefficient (Wildman–Crippen LogP) is 5.33. The third-order valence-electron chi connectivity index (χ3n) is 8.77. The molecule has 1 fully saturated rings. The molecule has 0 radical (unpaired) electrons. The molecule has 2 aromatic heterocycles. The number of nitrogens with one attached hydrogen (secondary N) is 3. The number of halogens is 3. The topological polar surface area (TPSA) is 137 Å². The quantitative estimate of drug-likeness (QED) is 0.0716. The molecular weight excluding hydrogens is 683 g/mol. The molecule has 0 bridgehead atoms. The maximum Gasteiger partial charge on any atom is 0.406 e. The number of aromatic nitrogens is 3. The molecule has 52 heavy (non-hydrogen) atoms. The smallest absolute Gasteiger partial charge is 0.406 e. The first-order valence-corrected chi connectivity index (χ1v) is 17.5. The van der Waals surface area contributed by atoms with Crippen molar-refractivity contribution in [1.82, 2.24) is 25.0 Å². The highest BCUT2D eigenvalue weighted by Gasteiger charge is 2.32. The maximum absolute atomic E-state index is 13.8. The number of nitrogens with zero attached hydrogens (tertiary/aromatic N) is 4. The molecule has 4 aromatic rings. The highest BCUT2D eigenvalue weighted by Crippen LogP contribution is 2.36.